The zero-order valence-electron chi connectivity index (χ0n) is 13.7. The van der Waals surface area contributed by atoms with Crippen LogP contribution in [0.25, 0.3) is 0 Å². The Morgan fingerprint density at radius 2 is 2.00 bits per heavy atom. The number of nitrogens with zero attached hydrogens (tertiary/aromatic N) is 2. The molecule has 2 saturated heterocycles. The van der Waals surface area contributed by atoms with Gasteiger partial charge in [0.25, 0.3) is 0 Å². The van der Waals surface area contributed by atoms with E-state index in [1.54, 1.807) is 0 Å². The highest BCUT2D eigenvalue weighted by Gasteiger charge is 2.40. The lowest BCUT2D eigenvalue weighted by atomic mass is 10.0. The van der Waals surface area contributed by atoms with Gasteiger partial charge in [-0.2, -0.15) is 0 Å². The van der Waals surface area contributed by atoms with Crippen molar-refractivity contribution in [3.8, 4) is 0 Å². The van der Waals surface area contributed by atoms with Gasteiger partial charge < -0.3 is 9.80 Å². The number of hydrogen-bond donors (Lipinski definition) is 1. The average Bonchev–Trinajstić information content (AvgIpc) is 2.96. The number of hydrogen-bond acceptors (Lipinski definition) is 3. The number of carbonyl (C=O) groups excluding carboxylic acids is 1. The molecule has 0 bridgehead atoms. The molecule has 0 spiro atoms. The van der Waals surface area contributed by atoms with Gasteiger partial charge in [-0.3, -0.25) is 10.1 Å². The van der Waals surface area contributed by atoms with E-state index in [9.17, 15) is 4.79 Å². The molecule has 1 amide bonds. The summed E-state index contributed by atoms with van der Waals surface area (Å²) in [6.45, 7) is 14.2. The highest BCUT2D eigenvalue weighted by Crippen LogP contribution is 2.24. The smallest absolute Gasteiger partial charge is 0.241 e. The van der Waals surface area contributed by atoms with Crippen molar-refractivity contribution in [2.45, 2.75) is 65.7 Å². The maximum absolute atomic E-state index is 12.6. The fourth-order valence-electron chi connectivity index (χ4n) is 3.49. The van der Waals surface area contributed by atoms with Crippen molar-refractivity contribution in [2.24, 2.45) is 11.8 Å². The molecular weight excluding hydrogens is 250 g/mol. The van der Waals surface area contributed by atoms with E-state index in [1.807, 2.05) is 0 Å². The topological polar surface area (TPSA) is 35.6 Å². The van der Waals surface area contributed by atoms with Gasteiger partial charge in [0.1, 0.15) is 0 Å². The van der Waals surface area contributed by atoms with E-state index in [1.165, 1.54) is 13.0 Å². The first-order chi connectivity index (χ1) is 9.43. The monoisotopic (exact) mass is 281 g/mol. The molecule has 116 valence electrons. The Morgan fingerprint density at radius 3 is 2.50 bits per heavy atom. The Morgan fingerprint density at radius 1 is 1.30 bits per heavy atom. The van der Waals surface area contributed by atoms with Crippen LogP contribution >= 0.6 is 0 Å². The van der Waals surface area contributed by atoms with Crippen molar-refractivity contribution < 1.29 is 4.79 Å². The summed E-state index contributed by atoms with van der Waals surface area (Å²) in [5.74, 6) is 1.33. The summed E-state index contributed by atoms with van der Waals surface area (Å²) in [4.78, 5) is 17.2. The van der Waals surface area contributed by atoms with Gasteiger partial charge in [0.05, 0.1) is 12.2 Å². The molecule has 2 aliphatic rings. The van der Waals surface area contributed by atoms with Crippen LogP contribution in [0.5, 0.6) is 0 Å². The van der Waals surface area contributed by atoms with E-state index in [-0.39, 0.29) is 12.2 Å². The number of carbonyl (C=O) groups is 1. The molecule has 2 rings (SSSR count). The Kier molecular flexibility index (Phi) is 5.08. The molecule has 20 heavy (non-hydrogen) atoms. The summed E-state index contributed by atoms with van der Waals surface area (Å²) in [6, 6.07) is 0.639. The quantitative estimate of drug-likeness (QED) is 0.836. The first-order valence-corrected chi connectivity index (χ1v) is 8.24. The van der Waals surface area contributed by atoms with Crippen LogP contribution in [0.2, 0.25) is 0 Å². The Bertz CT molecular complexity index is 343. The third-order valence-electron chi connectivity index (χ3n) is 4.85. The van der Waals surface area contributed by atoms with Gasteiger partial charge in [-0.25, -0.2) is 0 Å². The molecule has 0 aromatic heterocycles. The zero-order chi connectivity index (χ0) is 14.9. The van der Waals surface area contributed by atoms with Crippen molar-refractivity contribution in [1.29, 1.82) is 0 Å². The van der Waals surface area contributed by atoms with E-state index >= 15 is 0 Å². The van der Waals surface area contributed by atoms with Crippen molar-refractivity contribution >= 4 is 5.91 Å². The minimum atomic E-state index is 0.0163. The second-order valence-corrected chi connectivity index (χ2v) is 7.05. The molecule has 0 aliphatic carbocycles. The van der Waals surface area contributed by atoms with Crippen LogP contribution in [-0.4, -0.2) is 53.6 Å². The van der Waals surface area contributed by atoms with Gasteiger partial charge >= 0.3 is 0 Å². The van der Waals surface area contributed by atoms with Crippen LogP contribution in [0.1, 0.15) is 47.5 Å². The van der Waals surface area contributed by atoms with E-state index in [0.717, 1.165) is 19.5 Å². The molecule has 2 heterocycles. The number of nitrogens with one attached hydrogen (secondary N) is 1. The summed E-state index contributed by atoms with van der Waals surface area (Å²) in [5.41, 5.74) is 0. The Balaban J connectivity index is 1.96. The molecule has 2 fully saturated rings. The molecule has 1 N–H and O–H groups in total. The minimum Gasteiger partial charge on any atom is -0.325 e. The van der Waals surface area contributed by atoms with Crippen LogP contribution < -0.4 is 5.32 Å². The second-order valence-electron chi connectivity index (χ2n) is 7.05. The highest BCUT2D eigenvalue weighted by atomic mass is 16.2. The lowest BCUT2D eigenvalue weighted by Crippen LogP contribution is -2.40. The van der Waals surface area contributed by atoms with E-state index in [4.69, 9.17) is 0 Å². The molecular formula is C16H31N3O. The van der Waals surface area contributed by atoms with Gasteiger partial charge in [-0.05, 0) is 45.1 Å². The standard InChI is InChI=1S/C16H31N3O/c1-6-14-17-15(11(2)3)16(20)19(14)10-13-7-8-18(9-13)12(4)5/h11-15,17H,6-10H2,1-5H3. The normalized spacial score (nSPS) is 32.0. The third kappa shape index (κ3) is 3.17. The third-order valence-corrected chi connectivity index (χ3v) is 4.85. The van der Waals surface area contributed by atoms with Gasteiger partial charge in [0.15, 0.2) is 0 Å². The SMILES string of the molecule is CCC1NC(C(C)C)C(=O)N1CC1CCN(C(C)C)C1. The Labute approximate surface area is 123 Å². The van der Waals surface area contributed by atoms with E-state index < -0.39 is 0 Å². The van der Waals surface area contributed by atoms with Crippen LogP contribution in [0.15, 0.2) is 0 Å². The number of rotatable bonds is 5. The van der Waals surface area contributed by atoms with Crippen LogP contribution in [0.4, 0.5) is 0 Å². The second kappa shape index (κ2) is 6.44. The maximum atomic E-state index is 12.6. The first-order valence-electron chi connectivity index (χ1n) is 8.24. The number of amides is 1. The lowest BCUT2D eigenvalue weighted by molar-refractivity contribution is -0.131. The highest BCUT2D eigenvalue weighted by molar-refractivity contribution is 5.84. The van der Waals surface area contributed by atoms with Crippen LogP contribution in [-0.2, 0) is 4.79 Å². The molecule has 0 aromatic carbocycles. The molecule has 0 radical (unpaired) electrons. The van der Waals surface area contributed by atoms with Gasteiger partial charge in [0.2, 0.25) is 5.91 Å². The van der Waals surface area contributed by atoms with Crippen molar-refractivity contribution in [3.63, 3.8) is 0 Å². The van der Waals surface area contributed by atoms with Crippen LogP contribution in [0.3, 0.4) is 0 Å². The largest absolute Gasteiger partial charge is 0.325 e. The fraction of sp³-hybridized carbons (Fsp3) is 0.938. The van der Waals surface area contributed by atoms with E-state index in [0.29, 0.717) is 23.8 Å². The summed E-state index contributed by atoms with van der Waals surface area (Å²) < 4.78 is 0. The van der Waals surface area contributed by atoms with Gasteiger partial charge in [-0.15, -0.1) is 0 Å². The molecule has 2 aliphatic heterocycles. The number of likely N-dealkylation sites (tertiary alicyclic amines) is 1. The summed E-state index contributed by atoms with van der Waals surface area (Å²) >= 11 is 0. The summed E-state index contributed by atoms with van der Waals surface area (Å²) in [7, 11) is 0. The van der Waals surface area contributed by atoms with Crippen molar-refractivity contribution in [2.75, 3.05) is 19.6 Å². The molecule has 3 unspecified atom stereocenters. The zero-order valence-corrected chi connectivity index (χ0v) is 13.7. The van der Waals surface area contributed by atoms with Gasteiger partial charge in [0, 0.05) is 19.1 Å². The molecule has 4 heteroatoms. The summed E-state index contributed by atoms with van der Waals surface area (Å²) in [5, 5.41) is 3.51. The lowest BCUT2D eigenvalue weighted by Gasteiger charge is -2.27. The predicted octanol–water partition coefficient (Wildman–Crippen LogP) is 1.91. The molecule has 0 aromatic rings. The Hall–Kier alpha value is -0.610. The maximum Gasteiger partial charge on any atom is 0.241 e. The summed E-state index contributed by atoms with van der Waals surface area (Å²) in [6.07, 6.45) is 2.46. The van der Waals surface area contributed by atoms with Gasteiger partial charge in [-0.1, -0.05) is 20.8 Å². The predicted molar refractivity (Wildman–Crippen MR) is 82.4 cm³/mol. The van der Waals surface area contributed by atoms with E-state index in [2.05, 4.69) is 49.7 Å². The molecule has 4 nitrogen and oxygen atoms in total. The average molecular weight is 281 g/mol. The van der Waals surface area contributed by atoms with Crippen LogP contribution in [0, 0.1) is 11.8 Å². The molecule has 0 saturated carbocycles. The molecule has 3 atom stereocenters. The first kappa shape index (κ1) is 15.8. The minimum absolute atomic E-state index is 0.0163. The van der Waals surface area contributed by atoms with Crippen molar-refractivity contribution in [3.05, 3.63) is 0 Å². The van der Waals surface area contributed by atoms with Crippen molar-refractivity contribution in [1.82, 2.24) is 15.1 Å². The fourth-order valence-corrected chi connectivity index (χ4v) is 3.49.